The Morgan fingerprint density at radius 1 is 1.12 bits per heavy atom. The lowest BCUT2D eigenvalue weighted by Crippen LogP contribution is -2.48. The summed E-state index contributed by atoms with van der Waals surface area (Å²) in [5, 5.41) is 32.2. The van der Waals surface area contributed by atoms with Crippen LogP contribution in [0.25, 0.3) is 0 Å². The average Bonchev–Trinajstić information content (AvgIpc) is 2.87. The zero-order valence-electron chi connectivity index (χ0n) is 14.1. The SMILES string of the molecule is Cc1ccc(C2(O)C(O)=C(C#N)NN2c2ccc(S(C)(=O)=O)cc2)cc1. The van der Waals surface area contributed by atoms with Crippen molar-refractivity contribution in [2.24, 2.45) is 0 Å². The number of nitrogens with zero attached hydrogens (tertiary/aromatic N) is 2. The summed E-state index contributed by atoms with van der Waals surface area (Å²) in [6.45, 7) is 1.89. The predicted molar refractivity (Wildman–Crippen MR) is 95.5 cm³/mol. The summed E-state index contributed by atoms with van der Waals surface area (Å²) in [5.74, 6) is -0.531. The van der Waals surface area contributed by atoms with Crippen molar-refractivity contribution < 1.29 is 18.6 Å². The maximum absolute atomic E-state index is 11.6. The first-order valence-corrected chi connectivity index (χ1v) is 9.57. The highest BCUT2D eigenvalue weighted by molar-refractivity contribution is 7.90. The molecule has 0 saturated heterocycles. The molecule has 1 unspecified atom stereocenters. The van der Waals surface area contributed by atoms with Crippen molar-refractivity contribution in [2.45, 2.75) is 17.5 Å². The highest BCUT2D eigenvalue weighted by atomic mass is 32.2. The number of rotatable bonds is 3. The molecule has 0 aliphatic carbocycles. The molecular weight excluding hydrogens is 354 g/mol. The Hall–Kier alpha value is -3.02. The van der Waals surface area contributed by atoms with Crippen LogP contribution in [0.15, 0.2) is 64.9 Å². The molecule has 2 aromatic carbocycles. The monoisotopic (exact) mass is 371 g/mol. The Kier molecular flexibility index (Phi) is 4.14. The number of benzene rings is 2. The van der Waals surface area contributed by atoms with Gasteiger partial charge < -0.3 is 10.2 Å². The van der Waals surface area contributed by atoms with E-state index in [0.29, 0.717) is 11.3 Å². The number of aliphatic hydroxyl groups excluding tert-OH is 1. The van der Waals surface area contributed by atoms with Gasteiger partial charge in [-0.1, -0.05) is 29.8 Å². The normalized spacial score (nSPS) is 20.0. The first-order valence-electron chi connectivity index (χ1n) is 7.68. The molecular formula is C18H17N3O4S. The number of sulfone groups is 1. The van der Waals surface area contributed by atoms with E-state index in [0.717, 1.165) is 11.8 Å². The van der Waals surface area contributed by atoms with Crippen LogP contribution in [0.3, 0.4) is 0 Å². The van der Waals surface area contributed by atoms with E-state index in [9.17, 15) is 23.9 Å². The predicted octanol–water partition coefficient (Wildman–Crippen LogP) is 1.86. The molecule has 134 valence electrons. The van der Waals surface area contributed by atoms with Crippen molar-refractivity contribution in [3.63, 3.8) is 0 Å². The molecule has 0 saturated carbocycles. The zero-order chi connectivity index (χ0) is 19.1. The van der Waals surface area contributed by atoms with E-state index < -0.39 is 21.3 Å². The van der Waals surface area contributed by atoms with E-state index >= 15 is 0 Å². The zero-order valence-corrected chi connectivity index (χ0v) is 14.9. The van der Waals surface area contributed by atoms with Crippen LogP contribution in [0, 0.1) is 18.3 Å². The number of nitrogens with one attached hydrogen (secondary N) is 1. The van der Waals surface area contributed by atoms with E-state index in [1.807, 2.05) is 6.92 Å². The molecule has 0 bridgehead atoms. The highest BCUT2D eigenvalue weighted by Crippen LogP contribution is 2.40. The van der Waals surface area contributed by atoms with Crippen molar-refractivity contribution in [3.8, 4) is 6.07 Å². The van der Waals surface area contributed by atoms with Gasteiger partial charge in [-0.3, -0.25) is 5.43 Å². The molecule has 1 aliphatic rings. The fourth-order valence-electron chi connectivity index (χ4n) is 2.75. The van der Waals surface area contributed by atoms with E-state index in [2.05, 4.69) is 5.43 Å². The van der Waals surface area contributed by atoms with Crippen LogP contribution in [-0.2, 0) is 15.6 Å². The Morgan fingerprint density at radius 2 is 1.69 bits per heavy atom. The van der Waals surface area contributed by atoms with Crippen molar-refractivity contribution in [1.29, 1.82) is 5.26 Å². The maximum Gasteiger partial charge on any atom is 0.244 e. The number of aliphatic hydroxyl groups is 2. The van der Waals surface area contributed by atoms with Crippen molar-refractivity contribution in [1.82, 2.24) is 5.43 Å². The fourth-order valence-corrected chi connectivity index (χ4v) is 3.38. The van der Waals surface area contributed by atoms with Gasteiger partial charge in [0.1, 0.15) is 6.07 Å². The number of hydrogen-bond donors (Lipinski definition) is 3. The third-order valence-electron chi connectivity index (χ3n) is 4.20. The van der Waals surface area contributed by atoms with Gasteiger partial charge >= 0.3 is 0 Å². The smallest absolute Gasteiger partial charge is 0.244 e. The number of nitriles is 1. The van der Waals surface area contributed by atoms with Crippen LogP contribution >= 0.6 is 0 Å². The van der Waals surface area contributed by atoms with Gasteiger partial charge in [-0.15, -0.1) is 0 Å². The van der Waals surface area contributed by atoms with Gasteiger partial charge in [0.25, 0.3) is 0 Å². The summed E-state index contributed by atoms with van der Waals surface area (Å²) in [7, 11) is -3.37. The molecule has 7 nitrogen and oxygen atoms in total. The average molecular weight is 371 g/mol. The molecule has 2 aromatic rings. The summed E-state index contributed by atoms with van der Waals surface area (Å²) in [6, 6.07) is 14.4. The van der Waals surface area contributed by atoms with Gasteiger partial charge in [-0.2, -0.15) is 5.26 Å². The van der Waals surface area contributed by atoms with Crippen LogP contribution < -0.4 is 10.4 Å². The largest absolute Gasteiger partial charge is 0.505 e. The maximum atomic E-state index is 11.6. The highest BCUT2D eigenvalue weighted by Gasteiger charge is 2.49. The Morgan fingerprint density at radius 3 is 2.19 bits per heavy atom. The minimum atomic E-state index is -3.37. The van der Waals surface area contributed by atoms with Crippen LogP contribution in [0.5, 0.6) is 0 Å². The molecule has 0 spiro atoms. The summed E-state index contributed by atoms with van der Waals surface area (Å²) in [6.07, 6.45) is 1.10. The minimum absolute atomic E-state index is 0.122. The molecule has 0 aromatic heterocycles. The van der Waals surface area contributed by atoms with E-state index in [4.69, 9.17) is 0 Å². The second kappa shape index (κ2) is 6.05. The lowest BCUT2D eigenvalue weighted by Gasteiger charge is -2.35. The third kappa shape index (κ3) is 2.77. The third-order valence-corrected chi connectivity index (χ3v) is 5.33. The van der Waals surface area contributed by atoms with E-state index in [-0.39, 0.29) is 10.6 Å². The van der Waals surface area contributed by atoms with Gasteiger partial charge in [0.2, 0.25) is 5.72 Å². The van der Waals surface area contributed by atoms with Gasteiger partial charge in [-0.05, 0) is 31.2 Å². The standard InChI is InChI=1S/C18H17N3O4S/c1-12-3-5-13(6-4-12)18(23)17(22)16(11-19)20-21(18)14-7-9-15(10-8-14)26(2,24)25/h3-10,20,22-23H,1-2H3. The number of hydrogen-bond acceptors (Lipinski definition) is 7. The lowest BCUT2D eigenvalue weighted by atomic mass is 9.98. The number of aryl methyl sites for hydroxylation is 1. The molecule has 0 radical (unpaired) electrons. The lowest BCUT2D eigenvalue weighted by molar-refractivity contribution is 0.0352. The summed E-state index contributed by atoms with van der Waals surface area (Å²) < 4.78 is 23.3. The quantitative estimate of drug-likeness (QED) is 0.754. The van der Waals surface area contributed by atoms with Gasteiger partial charge in [-0.25, -0.2) is 13.4 Å². The first kappa shape index (κ1) is 17.8. The molecule has 1 aliphatic heterocycles. The second-order valence-corrected chi connectivity index (χ2v) is 8.10. The van der Waals surface area contributed by atoms with E-state index in [1.165, 1.54) is 29.3 Å². The molecule has 26 heavy (non-hydrogen) atoms. The minimum Gasteiger partial charge on any atom is -0.505 e. The van der Waals surface area contributed by atoms with Gasteiger partial charge in [0.15, 0.2) is 21.3 Å². The molecule has 3 rings (SSSR count). The van der Waals surface area contributed by atoms with Crippen molar-refractivity contribution in [3.05, 3.63) is 71.1 Å². The van der Waals surface area contributed by atoms with Gasteiger partial charge in [0.05, 0.1) is 10.6 Å². The number of allylic oxidation sites excluding steroid dienone is 1. The van der Waals surface area contributed by atoms with Crippen LogP contribution in [0.4, 0.5) is 5.69 Å². The fraction of sp³-hybridized carbons (Fsp3) is 0.167. The molecule has 0 amide bonds. The summed E-state index contributed by atoms with van der Waals surface area (Å²) >= 11 is 0. The van der Waals surface area contributed by atoms with Crippen molar-refractivity contribution in [2.75, 3.05) is 11.3 Å². The van der Waals surface area contributed by atoms with E-state index in [1.54, 1.807) is 30.3 Å². The Balaban J connectivity index is 2.11. The molecule has 1 heterocycles. The first-order chi connectivity index (χ1) is 12.2. The second-order valence-electron chi connectivity index (χ2n) is 6.09. The molecule has 8 heteroatoms. The van der Waals surface area contributed by atoms with Crippen molar-refractivity contribution >= 4 is 15.5 Å². The number of anilines is 1. The molecule has 3 N–H and O–H groups in total. The summed E-state index contributed by atoms with van der Waals surface area (Å²) in [5.41, 5.74) is 2.16. The number of hydrazine groups is 1. The van der Waals surface area contributed by atoms with Gasteiger partial charge in [0, 0.05) is 11.8 Å². The van der Waals surface area contributed by atoms with Crippen LogP contribution in [0.2, 0.25) is 0 Å². The Bertz CT molecular complexity index is 1020. The summed E-state index contributed by atoms with van der Waals surface area (Å²) in [4.78, 5) is 0.122. The molecule has 1 atom stereocenters. The van der Waals surface area contributed by atoms with Crippen LogP contribution in [0.1, 0.15) is 11.1 Å². The van der Waals surface area contributed by atoms with Crippen LogP contribution in [-0.4, -0.2) is 24.9 Å². The Labute approximate surface area is 151 Å². The molecule has 0 fully saturated rings. The topological polar surface area (TPSA) is 114 Å².